The van der Waals surface area contributed by atoms with Crippen LogP contribution in [0.25, 0.3) is 0 Å². The number of cyclic esters (lactones) is 1. The number of ether oxygens (including phenoxy) is 2. The minimum atomic E-state index is -0.655. The van der Waals surface area contributed by atoms with Gasteiger partial charge in [0.1, 0.15) is 18.2 Å². The van der Waals surface area contributed by atoms with E-state index in [4.69, 9.17) is 21.7 Å². The molecule has 1 atom stereocenters. The summed E-state index contributed by atoms with van der Waals surface area (Å²) in [7, 11) is 0. The van der Waals surface area contributed by atoms with E-state index in [2.05, 4.69) is 5.32 Å². The number of anilines is 2. The van der Waals surface area contributed by atoms with Crippen molar-refractivity contribution in [1.82, 2.24) is 10.2 Å². The Morgan fingerprint density at radius 3 is 2.48 bits per heavy atom. The molecule has 5 rings (SSSR count). The first-order chi connectivity index (χ1) is 19.3. The summed E-state index contributed by atoms with van der Waals surface area (Å²) < 4.78 is 25.7. The number of halogens is 1. The number of hydrogen-bond donors (Lipinski definition) is 1. The standard InChI is InChI=1S/C28H29FN4O6S/c29-23-13-21(33-15-22(39-28(33)37)14-30-26(40)19-5-6-19)7-8-24(23)31-9-11-32(12-10-31)25(35)17-38-27(36)20-3-1-18(16-34)2-4-20/h1-4,7-8,13,16,19,22H,5-6,9-12,14-15,17H2,(H,30,40)/t22-/m0/s1. The summed E-state index contributed by atoms with van der Waals surface area (Å²) in [5, 5.41) is 3.16. The zero-order chi connectivity index (χ0) is 28.2. The van der Waals surface area contributed by atoms with Crippen molar-refractivity contribution in [2.45, 2.75) is 18.9 Å². The average Bonchev–Trinajstić information content (AvgIpc) is 3.76. The molecule has 3 aliphatic rings. The number of thiocarbonyl (C=S) groups is 1. The van der Waals surface area contributed by atoms with Crippen LogP contribution in [0.3, 0.4) is 0 Å². The Kier molecular flexibility index (Phi) is 8.24. The third-order valence-corrected chi connectivity index (χ3v) is 7.63. The van der Waals surface area contributed by atoms with Gasteiger partial charge in [0, 0.05) is 37.7 Å². The number of carbonyl (C=O) groups is 4. The molecule has 12 heteroatoms. The lowest BCUT2D eigenvalue weighted by atomic mass is 10.1. The second kappa shape index (κ2) is 12.0. The predicted molar refractivity (Wildman–Crippen MR) is 148 cm³/mol. The first-order valence-electron chi connectivity index (χ1n) is 13.1. The van der Waals surface area contributed by atoms with E-state index in [9.17, 15) is 19.2 Å². The van der Waals surface area contributed by atoms with Crippen LogP contribution in [0.2, 0.25) is 0 Å². The van der Waals surface area contributed by atoms with Gasteiger partial charge in [0.25, 0.3) is 5.91 Å². The van der Waals surface area contributed by atoms with E-state index < -0.39 is 24.5 Å². The predicted octanol–water partition coefficient (Wildman–Crippen LogP) is 2.80. The highest BCUT2D eigenvalue weighted by molar-refractivity contribution is 7.80. The lowest BCUT2D eigenvalue weighted by Crippen LogP contribution is -2.50. The van der Waals surface area contributed by atoms with Crippen LogP contribution in [0, 0.1) is 11.7 Å². The van der Waals surface area contributed by atoms with Gasteiger partial charge in [-0.25, -0.2) is 14.0 Å². The normalized spacial score (nSPS) is 18.8. The number of amides is 2. The second-order valence-corrected chi connectivity index (χ2v) is 10.4. The zero-order valence-corrected chi connectivity index (χ0v) is 22.5. The molecule has 0 bridgehead atoms. The molecule has 2 aliphatic heterocycles. The number of rotatable bonds is 9. The maximum atomic E-state index is 15.1. The van der Waals surface area contributed by atoms with Crippen molar-refractivity contribution in [1.29, 1.82) is 0 Å². The Hall–Kier alpha value is -4.06. The van der Waals surface area contributed by atoms with Crippen LogP contribution >= 0.6 is 12.2 Å². The summed E-state index contributed by atoms with van der Waals surface area (Å²) in [5.41, 5.74) is 1.46. The molecule has 10 nitrogen and oxygen atoms in total. The van der Waals surface area contributed by atoms with Gasteiger partial charge in [0.15, 0.2) is 6.61 Å². The van der Waals surface area contributed by atoms with E-state index in [1.807, 2.05) is 4.90 Å². The maximum Gasteiger partial charge on any atom is 0.414 e. The van der Waals surface area contributed by atoms with Gasteiger partial charge in [-0.1, -0.05) is 24.4 Å². The minimum absolute atomic E-state index is 0.245. The molecular formula is C28H29FN4O6S. The summed E-state index contributed by atoms with van der Waals surface area (Å²) in [6, 6.07) is 10.5. The monoisotopic (exact) mass is 568 g/mol. The van der Waals surface area contributed by atoms with Gasteiger partial charge in [-0.05, 0) is 43.2 Å². The summed E-state index contributed by atoms with van der Waals surface area (Å²) in [6.07, 6.45) is 1.95. The fourth-order valence-electron chi connectivity index (χ4n) is 4.66. The third kappa shape index (κ3) is 6.39. The number of carbonyl (C=O) groups excluding carboxylic acids is 4. The third-order valence-electron chi connectivity index (χ3n) is 7.15. The quantitative estimate of drug-likeness (QED) is 0.278. The fraction of sp³-hybridized carbons (Fsp3) is 0.393. The van der Waals surface area contributed by atoms with Gasteiger partial charge in [-0.15, -0.1) is 0 Å². The molecule has 1 aliphatic carbocycles. The van der Waals surface area contributed by atoms with Crippen molar-refractivity contribution in [3.8, 4) is 0 Å². The van der Waals surface area contributed by atoms with Crippen LogP contribution in [0.15, 0.2) is 42.5 Å². The molecule has 0 spiro atoms. The van der Waals surface area contributed by atoms with Gasteiger partial charge in [0.2, 0.25) is 0 Å². The molecule has 1 saturated carbocycles. The van der Waals surface area contributed by atoms with E-state index >= 15 is 4.39 Å². The van der Waals surface area contributed by atoms with E-state index in [1.165, 1.54) is 35.2 Å². The summed E-state index contributed by atoms with van der Waals surface area (Å²) in [6.45, 7) is 1.77. The summed E-state index contributed by atoms with van der Waals surface area (Å²) in [5.74, 6) is -1.04. The van der Waals surface area contributed by atoms with Gasteiger partial charge in [-0.2, -0.15) is 0 Å². The lowest BCUT2D eigenvalue weighted by Gasteiger charge is -2.36. The van der Waals surface area contributed by atoms with Gasteiger partial charge in [0.05, 0.1) is 35.0 Å². The van der Waals surface area contributed by atoms with E-state index in [1.54, 1.807) is 17.0 Å². The molecule has 210 valence electrons. The number of esters is 1. The topological polar surface area (TPSA) is 108 Å². The fourth-order valence-corrected chi connectivity index (χ4v) is 4.98. The molecule has 1 N–H and O–H groups in total. The molecule has 2 aromatic carbocycles. The van der Waals surface area contributed by atoms with Crippen molar-refractivity contribution < 1.29 is 33.0 Å². The molecule has 40 heavy (non-hydrogen) atoms. The van der Waals surface area contributed by atoms with Crippen LogP contribution in [0.1, 0.15) is 33.6 Å². The zero-order valence-electron chi connectivity index (χ0n) is 21.7. The van der Waals surface area contributed by atoms with Crippen LogP contribution < -0.4 is 15.1 Å². The first kappa shape index (κ1) is 27.5. The second-order valence-electron chi connectivity index (χ2n) is 9.96. The molecule has 0 unspecified atom stereocenters. The largest absolute Gasteiger partial charge is 0.452 e. The van der Waals surface area contributed by atoms with Crippen LogP contribution in [0.4, 0.5) is 20.6 Å². The summed E-state index contributed by atoms with van der Waals surface area (Å²) >= 11 is 5.32. The highest BCUT2D eigenvalue weighted by atomic mass is 32.1. The molecule has 0 aromatic heterocycles. The summed E-state index contributed by atoms with van der Waals surface area (Å²) in [4.78, 5) is 53.5. The Balaban J connectivity index is 1.09. The number of nitrogens with zero attached hydrogens (tertiary/aromatic N) is 3. The highest BCUT2D eigenvalue weighted by Gasteiger charge is 2.34. The van der Waals surface area contributed by atoms with Crippen LogP contribution in [0.5, 0.6) is 0 Å². The van der Waals surface area contributed by atoms with Gasteiger partial charge in [-0.3, -0.25) is 14.5 Å². The van der Waals surface area contributed by atoms with Crippen LogP contribution in [-0.2, 0) is 14.3 Å². The number of benzene rings is 2. The molecule has 3 fully saturated rings. The van der Waals surface area contributed by atoms with Crippen molar-refractivity contribution in [3.63, 3.8) is 0 Å². The maximum absolute atomic E-state index is 15.1. The van der Waals surface area contributed by atoms with Gasteiger partial charge < -0.3 is 24.6 Å². The van der Waals surface area contributed by atoms with E-state index in [0.29, 0.717) is 68.4 Å². The Morgan fingerprint density at radius 2 is 1.82 bits per heavy atom. The number of hydrogen-bond acceptors (Lipinski definition) is 8. The number of aldehydes is 1. The molecule has 0 radical (unpaired) electrons. The van der Waals surface area contributed by atoms with E-state index in [-0.39, 0.29) is 17.6 Å². The lowest BCUT2D eigenvalue weighted by molar-refractivity contribution is -0.134. The Bertz CT molecular complexity index is 1310. The molecule has 2 heterocycles. The smallest absolute Gasteiger partial charge is 0.414 e. The molecule has 2 aromatic rings. The van der Waals surface area contributed by atoms with Crippen molar-refractivity contribution >= 4 is 52.8 Å². The van der Waals surface area contributed by atoms with Crippen molar-refractivity contribution in [3.05, 3.63) is 59.4 Å². The molecular weight excluding hydrogens is 539 g/mol. The first-order valence-corrected chi connectivity index (χ1v) is 13.5. The minimum Gasteiger partial charge on any atom is -0.452 e. The highest BCUT2D eigenvalue weighted by Crippen LogP contribution is 2.30. The van der Waals surface area contributed by atoms with Crippen molar-refractivity contribution in [2.75, 3.05) is 55.7 Å². The molecule has 2 saturated heterocycles. The Morgan fingerprint density at radius 1 is 1.10 bits per heavy atom. The van der Waals surface area contributed by atoms with Crippen molar-refractivity contribution in [2.24, 2.45) is 5.92 Å². The van der Waals surface area contributed by atoms with Gasteiger partial charge >= 0.3 is 12.1 Å². The Labute approximate surface area is 236 Å². The average molecular weight is 569 g/mol. The van der Waals surface area contributed by atoms with E-state index in [0.717, 1.165) is 17.8 Å². The SMILES string of the molecule is O=Cc1ccc(C(=O)OCC(=O)N2CCN(c3ccc(N4C[C@H](CNC(=S)C5CC5)OC4=O)cc3F)CC2)cc1. The van der Waals surface area contributed by atoms with Crippen LogP contribution in [-0.4, -0.2) is 86.1 Å². The number of nitrogens with one attached hydrogen (secondary N) is 1. The number of piperazine rings is 1. The molecule has 2 amide bonds.